The molecule has 0 rings (SSSR count). The van der Waals surface area contributed by atoms with Crippen LogP contribution in [-0.4, -0.2) is 68.5 Å². The van der Waals surface area contributed by atoms with E-state index in [1.165, 1.54) is 302 Å². The van der Waals surface area contributed by atoms with Gasteiger partial charge in [-0.2, -0.15) is 0 Å². The van der Waals surface area contributed by atoms with E-state index in [2.05, 4.69) is 31.3 Å². The van der Waals surface area contributed by atoms with E-state index in [-0.39, 0.29) is 19.1 Å². The number of rotatable bonds is 65. The molecule has 0 aliphatic carbocycles. The summed E-state index contributed by atoms with van der Waals surface area (Å²) in [6, 6.07) is -0.886. The Hall–Kier alpha value is -1.02. The first-order valence-corrected chi connectivity index (χ1v) is 36.2. The third kappa shape index (κ3) is 62.6. The van der Waals surface area contributed by atoms with Crippen LogP contribution in [-0.2, 0) is 18.4 Å². The minimum Gasteiger partial charge on any atom is -0.756 e. The molecule has 0 aliphatic heterocycles. The molecule has 0 aromatic heterocycles. The van der Waals surface area contributed by atoms with Crippen LogP contribution in [0, 0.1) is 0 Å². The van der Waals surface area contributed by atoms with Crippen molar-refractivity contribution in [3.8, 4) is 0 Å². The summed E-state index contributed by atoms with van der Waals surface area (Å²) in [5, 5.41) is 14.0. The van der Waals surface area contributed by atoms with Crippen LogP contribution in [0.1, 0.15) is 361 Å². The van der Waals surface area contributed by atoms with Crippen molar-refractivity contribution in [3.05, 3.63) is 24.3 Å². The summed E-state index contributed by atoms with van der Waals surface area (Å²) < 4.78 is 23.5. The third-order valence-electron chi connectivity index (χ3n) is 16.2. The van der Waals surface area contributed by atoms with Crippen LogP contribution in [0.4, 0.5) is 0 Å². The van der Waals surface area contributed by atoms with Gasteiger partial charge in [-0.25, -0.2) is 0 Å². The summed E-state index contributed by atoms with van der Waals surface area (Å²) in [6.07, 6.45) is 78.7. The van der Waals surface area contributed by atoms with E-state index in [9.17, 15) is 19.4 Å². The second kappa shape index (κ2) is 60.6. The lowest BCUT2D eigenvalue weighted by atomic mass is 10.0. The van der Waals surface area contributed by atoms with Gasteiger partial charge in [0.1, 0.15) is 13.2 Å². The summed E-state index contributed by atoms with van der Waals surface area (Å²) in [5.41, 5.74) is 0. The van der Waals surface area contributed by atoms with E-state index in [4.69, 9.17) is 9.05 Å². The van der Waals surface area contributed by atoms with Crippen LogP contribution in [0.2, 0.25) is 0 Å². The Morgan fingerprint density at radius 2 is 0.705 bits per heavy atom. The van der Waals surface area contributed by atoms with Gasteiger partial charge < -0.3 is 28.8 Å². The minimum absolute atomic E-state index is 0.00134. The highest BCUT2D eigenvalue weighted by Crippen LogP contribution is 2.38. The third-order valence-corrected chi connectivity index (χ3v) is 17.1. The molecule has 3 unspecified atom stereocenters. The molecular formula is C69H137N2O6P. The maximum absolute atomic E-state index is 13.0. The van der Waals surface area contributed by atoms with Crippen molar-refractivity contribution in [2.45, 2.75) is 373 Å². The van der Waals surface area contributed by atoms with Crippen molar-refractivity contribution in [1.82, 2.24) is 5.32 Å². The van der Waals surface area contributed by atoms with Gasteiger partial charge in [0, 0.05) is 6.42 Å². The lowest BCUT2D eigenvalue weighted by molar-refractivity contribution is -0.870. The molecule has 0 fully saturated rings. The van der Waals surface area contributed by atoms with E-state index in [1.807, 2.05) is 27.2 Å². The number of amides is 1. The van der Waals surface area contributed by atoms with Gasteiger partial charge in [-0.05, 0) is 44.9 Å². The van der Waals surface area contributed by atoms with Gasteiger partial charge in [-0.1, -0.05) is 334 Å². The number of likely N-dealkylation sites (N-methyl/N-ethyl adjacent to an activating group) is 1. The minimum atomic E-state index is -4.60. The average Bonchev–Trinajstić information content (AvgIpc) is 3.41. The Balaban J connectivity index is 4.05. The molecule has 464 valence electrons. The number of unbranched alkanes of at least 4 members (excludes halogenated alkanes) is 50. The van der Waals surface area contributed by atoms with E-state index in [0.717, 1.165) is 38.5 Å². The van der Waals surface area contributed by atoms with E-state index in [0.29, 0.717) is 17.4 Å². The maximum Gasteiger partial charge on any atom is 0.268 e. The zero-order valence-electron chi connectivity index (χ0n) is 53.2. The number of carbonyl (C=O) groups is 1. The van der Waals surface area contributed by atoms with Crippen LogP contribution in [0.25, 0.3) is 0 Å². The van der Waals surface area contributed by atoms with Crippen LogP contribution < -0.4 is 10.2 Å². The molecule has 0 aromatic carbocycles. The van der Waals surface area contributed by atoms with Gasteiger partial charge in [-0.15, -0.1) is 0 Å². The van der Waals surface area contributed by atoms with Gasteiger partial charge in [0.05, 0.1) is 39.9 Å². The Bertz CT molecular complexity index is 1320. The molecule has 0 aliphatic rings. The lowest BCUT2D eigenvalue weighted by Crippen LogP contribution is -2.45. The van der Waals surface area contributed by atoms with Crippen LogP contribution in [0.3, 0.4) is 0 Å². The molecule has 0 aromatic rings. The number of phosphoric ester groups is 1. The summed E-state index contributed by atoms with van der Waals surface area (Å²) >= 11 is 0. The number of aliphatic hydroxyl groups is 1. The highest BCUT2D eigenvalue weighted by molar-refractivity contribution is 7.45. The summed E-state index contributed by atoms with van der Waals surface area (Å²) in [4.78, 5) is 25.6. The lowest BCUT2D eigenvalue weighted by Gasteiger charge is -2.29. The summed E-state index contributed by atoms with van der Waals surface area (Å²) in [6.45, 7) is 4.71. The number of quaternary nitrogens is 1. The van der Waals surface area contributed by atoms with Crippen LogP contribution >= 0.6 is 7.82 Å². The Kier molecular flexibility index (Phi) is 59.8. The first-order chi connectivity index (χ1) is 38.0. The largest absolute Gasteiger partial charge is 0.756 e. The highest BCUT2D eigenvalue weighted by atomic mass is 31.2. The highest BCUT2D eigenvalue weighted by Gasteiger charge is 2.23. The fourth-order valence-electron chi connectivity index (χ4n) is 10.7. The first-order valence-electron chi connectivity index (χ1n) is 34.7. The number of aliphatic hydroxyl groups excluding tert-OH is 1. The number of allylic oxidation sites excluding steroid dienone is 3. The van der Waals surface area contributed by atoms with E-state index in [1.54, 1.807) is 6.08 Å². The quantitative estimate of drug-likeness (QED) is 0.0272. The Labute approximate surface area is 487 Å². The molecule has 2 N–H and O–H groups in total. The van der Waals surface area contributed by atoms with Gasteiger partial charge in [-0.3, -0.25) is 9.36 Å². The summed E-state index contributed by atoms with van der Waals surface area (Å²) in [5.74, 6) is -0.191. The molecular weight excluding hydrogens is 984 g/mol. The number of nitrogens with one attached hydrogen (secondary N) is 1. The van der Waals surface area contributed by atoms with Crippen molar-refractivity contribution >= 4 is 13.7 Å². The van der Waals surface area contributed by atoms with Crippen LogP contribution in [0.15, 0.2) is 24.3 Å². The van der Waals surface area contributed by atoms with Gasteiger partial charge in [0.2, 0.25) is 5.91 Å². The van der Waals surface area contributed by atoms with Gasteiger partial charge >= 0.3 is 0 Å². The number of hydrogen-bond acceptors (Lipinski definition) is 6. The van der Waals surface area contributed by atoms with E-state index >= 15 is 0 Å². The smallest absolute Gasteiger partial charge is 0.268 e. The number of hydrogen-bond donors (Lipinski definition) is 2. The fraction of sp³-hybridized carbons (Fsp3) is 0.928. The summed E-state index contributed by atoms with van der Waals surface area (Å²) in [7, 11) is 1.28. The molecule has 0 spiro atoms. The molecule has 0 bridgehead atoms. The molecule has 8 nitrogen and oxygen atoms in total. The average molecular weight is 1120 g/mol. The molecule has 0 saturated carbocycles. The molecule has 0 heterocycles. The monoisotopic (exact) mass is 1120 g/mol. The van der Waals surface area contributed by atoms with Crippen LogP contribution in [0.5, 0.6) is 0 Å². The predicted octanol–water partition coefficient (Wildman–Crippen LogP) is 21.3. The second-order valence-corrected chi connectivity index (χ2v) is 26.7. The molecule has 1 amide bonds. The van der Waals surface area contributed by atoms with Crippen molar-refractivity contribution < 1.29 is 32.9 Å². The zero-order chi connectivity index (χ0) is 57.0. The predicted molar refractivity (Wildman–Crippen MR) is 339 cm³/mol. The molecule has 78 heavy (non-hydrogen) atoms. The molecule has 9 heteroatoms. The zero-order valence-corrected chi connectivity index (χ0v) is 54.0. The molecule has 0 saturated heterocycles. The van der Waals surface area contributed by atoms with Gasteiger partial charge in [0.15, 0.2) is 0 Å². The standard InChI is InChI=1S/C69H137N2O6P/c1-6-8-10-12-14-16-18-20-22-24-26-28-30-32-33-34-35-36-37-39-40-42-44-46-48-50-52-54-56-58-60-62-68(72)67(66-77-78(74,75)76-65-64-71(3,4)5)70-69(73)63-61-59-57-55-53-51-49-47-45-43-41-38-31-29-27-25-23-21-19-17-15-13-11-9-7-2/h25,27,60,62,67-68,72H,6-24,26,28-59,61,63-66H2,1-5H3,(H-,70,73,74,75)/b27-25-,62-60+. The second-order valence-electron chi connectivity index (χ2n) is 25.2. The first kappa shape index (κ1) is 77.0. The van der Waals surface area contributed by atoms with Crippen molar-refractivity contribution in [2.75, 3.05) is 40.9 Å². The SMILES string of the molecule is CCCCCCCCCC/C=C\CCCCCCCCCCCCCCCC(=O)NC(COP(=O)([O-])OCC[N+](C)(C)C)C(O)/C=C/CCCCCCCCCCCCCCCCCCCCCCCCCCCCCCC. The van der Waals surface area contributed by atoms with E-state index < -0.39 is 20.0 Å². The van der Waals surface area contributed by atoms with Crippen molar-refractivity contribution in [2.24, 2.45) is 0 Å². The normalized spacial score (nSPS) is 13.8. The Morgan fingerprint density at radius 3 is 1.00 bits per heavy atom. The van der Waals surface area contributed by atoms with Gasteiger partial charge in [0.25, 0.3) is 7.82 Å². The topological polar surface area (TPSA) is 108 Å². The fourth-order valence-corrected chi connectivity index (χ4v) is 11.5. The Morgan fingerprint density at radius 1 is 0.436 bits per heavy atom. The maximum atomic E-state index is 13.0. The molecule has 0 radical (unpaired) electrons. The van der Waals surface area contributed by atoms with Crippen molar-refractivity contribution in [1.29, 1.82) is 0 Å². The number of phosphoric acid groups is 1. The number of nitrogens with zero attached hydrogens (tertiary/aromatic N) is 1. The molecule has 3 atom stereocenters. The van der Waals surface area contributed by atoms with Crippen molar-refractivity contribution in [3.63, 3.8) is 0 Å². The number of carbonyl (C=O) groups excluding carboxylic acids is 1.